The molecule has 0 fully saturated rings. The van der Waals surface area contributed by atoms with Crippen LogP contribution in [0.1, 0.15) is 33.1 Å². The number of nitrogens with one attached hydrogen (secondary N) is 1. The van der Waals surface area contributed by atoms with Crippen molar-refractivity contribution in [3.8, 4) is 0 Å². The molecule has 4 nitrogen and oxygen atoms in total. The third-order valence-electron chi connectivity index (χ3n) is 2.70. The van der Waals surface area contributed by atoms with Crippen molar-refractivity contribution in [1.82, 2.24) is 0 Å². The van der Waals surface area contributed by atoms with Crippen LogP contribution in [0.4, 0.5) is 20.2 Å². The van der Waals surface area contributed by atoms with Gasteiger partial charge in [-0.2, -0.15) is 4.39 Å². The highest BCUT2D eigenvalue weighted by atomic mass is 19.1. The van der Waals surface area contributed by atoms with Crippen LogP contribution in [0, 0.1) is 21.7 Å². The molecular formula is C12H16F2N2O2. The average molecular weight is 258 g/mol. The van der Waals surface area contributed by atoms with Gasteiger partial charge in [0, 0.05) is 18.2 Å². The Morgan fingerprint density at radius 1 is 1.39 bits per heavy atom. The molecule has 1 unspecified atom stereocenters. The van der Waals surface area contributed by atoms with Crippen LogP contribution in [0.5, 0.6) is 0 Å². The fourth-order valence-electron chi connectivity index (χ4n) is 1.81. The van der Waals surface area contributed by atoms with Crippen LogP contribution in [0.3, 0.4) is 0 Å². The van der Waals surface area contributed by atoms with Crippen molar-refractivity contribution in [3.63, 3.8) is 0 Å². The highest BCUT2D eigenvalue weighted by molar-refractivity contribution is 5.62. The van der Waals surface area contributed by atoms with Crippen molar-refractivity contribution < 1.29 is 13.7 Å². The maximum absolute atomic E-state index is 13.4. The Bertz CT molecular complexity index is 438. The van der Waals surface area contributed by atoms with Gasteiger partial charge in [-0.25, -0.2) is 4.39 Å². The van der Waals surface area contributed by atoms with Gasteiger partial charge < -0.3 is 5.32 Å². The second-order valence-electron chi connectivity index (χ2n) is 4.08. The van der Waals surface area contributed by atoms with E-state index >= 15 is 0 Å². The number of nitro benzene ring substituents is 1. The van der Waals surface area contributed by atoms with Crippen LogP contribution >= 0.6 is 0 Å². The number of hydrogen-bond acceptors (Lipinski definition) is 3. The number of halogens is 2. The van der Waals surface area contributed by atoms with E-state index in [0.717, 1.165) is 25.3 Å². The molecule has 0 spiro atoms. The minimum Gasteiger partial charge on any atom is -0.377 e. The van der Waals surface area contributed by atoms with E-state index in [1.54, 1.807) is 0 Å². The number of anilines is 1. The lowest BCUT2D eigenvalue weighted by atomic mass is 10.1. The zero-order valence-corrected chi connectivity index (χ0v) is 10.4. The molecule has 18 heavy (non-hydrogen) atoms. The van der Waals surface area contributed by atoms with Crippen LogP contribution in [-0.4, -0.2) is 11.0 Å². The fourth-order valence-corrected chi connectivity index (χ4v) is 1.81. The second kappa shape index (κ2) is 6.28. The molecule has 0 amide bonds. The molecule has 0 aliphatic carbocycles. The molecule has 0 heterocycles. The summed E-state index contributed by atoms with van der Waals surface area (Å²) in [5.74, 6) is -1.99. The van der Waals surface area contributed by atoms with Gasteiger partial charge in [0.05, 0.1) is 4.92 Å². The first-order valence-corrected chi connectivity index (χ1v) is 5.89. The van der Waals surface area contributed by atoms with E-state index < -0.39 is 22.2 Å². The van der Waals surface area contributed by atoms with E-state index in [-0.39, 0.29) is 11.7 Å². The Morgan fingerprint density at radius 2 is 2.06 bits per heavy atom. The smallest absolute Gasteiger partial charge is 0.327 e. The standard InChI is InChI=1S/C12H16F2N2O2/c1-3-5-9(4-2)15-11-7-8(13)6-10(14)12(11)16(17)18/h6-7,9,15H,3-5H2,1-2H3. The average Bonchev–Trinajstić information content (AvgIpc) is 2.26. The Kier molecular flexibility index (Phi) is 5.00. The van der Waals surface area contributed by atoms with Crippen molar-refractivity contribution >= 4 is 11.4 Å². The SMILES string of the molecule is CCCC(CC)Nc1cc(F)cc(F)c1[N+](=O)[O-]. The van der Waals surface area contributed by atoms with Gasteiger partial charge in [0.25, 0.3) is 0 Å². The molecule has 0 bridgehead atoms. The van der Waals surface area contributed by atoms with Crippen LogP contribution in [0.2, 0.25) is 0 Å². The molecule has 0 saturated heterocycles. The van der Waals surface area contributed by atoms with Crippen molar-refractivity contribution in [2.45, 2.75) is 39.2 Å². The minimum atomic E-state index is -1.16. The summed E-state index contributed by atoms with van der Waals surface area (Å²) in [4.78, 5) is 9.95. The summed E-state index contributed by atoms with van der Waals surface area (Å²) in [6.07, 6.45) is 2.39. The van der Waals surface area contributed by atoms with Gasteiger partial charge in [0.15, 0.2) is 0 Å². The molecule has 1 atom stereocenters. The molecule has 1 aromatic rings. The highest BCUT2D eigenvalue weighted by Crippen LogP contribution is 2.30. The molecule has 0 aliphatic rings. The van der Waals surface area contributed by atoms with Crippen molar-refractivity contribution in [1.29, 1.82) is 0 Å². The Labute approximate surface area is 104 Å². The topological polar surface area (TPSA) is 55.2 Å². The summed E-state index contributed by atoms with van der Waals surface area (Å²) in [6.45, 7) is 3.89. The van der Waals surface area contributed by atoms with Gasteiger partial charge in [-0.05, 0) is 12.8 Å². The summed E-state index contributed by atoms with van der Waals surface area (Å²) >= 11 is 0. The van der Waals surface area contributed by atoms with E-state index in [0.29, 0.717) is 6.07 Å². The molecule has 1 rings (SSSR count). The summed E-state index contributed by atoms with van der Waals surface area (Å²) in [5.41, 5.74) is -0.802. The highest BCUT2D eigenvalue weighted by Gasteiger charge is 2.23. The van der Waals surface area contributed by atoms with Gasteiger partial charge in [-0.15, -0.1) is 0 Å². The molecule has 0 saturated carbocycles. The third-order valence-corrected chi connectivity index (χ3v) is 2.70. The number of nitrogens with zero attached hydrogens (tertiary/aromatic N) is 1. The largest absolute Gasteiger partial charge is 0.377 e. The Balaban J connectivity index is 3.09. The lowest BCUT2D eigenvalue weighted by molar-refractivity contribution is -0.386. The summed E-state index contributed by atoms with van der Waals surface area (Å²) in [6, 6.07) is 1.44. The van der Waals surface area contributed by atoms with E-state index in [2.05, 4.69) is 5.32 Å². The molecule has 0 aliphatic heterocycles. The van der Waals surface area contributed by atoms with Gasteiger partial charge in [-0.3, -0.25) is 10.1 Å². The zero-order chi connectivity index (χ0) is 13.7. The molecule has 0 aromatic heterocycles. The van der Waals surface area contributed by atoms with Gasteiger partial charge >= 0.3 is 5.69 Å². The van der Waals surface area contributed by atoms with Crippen LogP contribution in [0.15, 0.2) is 12.1 Å². The predicted octanol–water partition coefficient (Wildman–Crippen LogP) is 3.86. The molecular weight excluding hydrogens is 242 g/mol. The minimum absolute atomic E-state index is 0.0325. The summed E-state index contributed by atoms with van der Waals surface area (Å²) in [7, 11) is 0. The monoisotopic (exact) mass is 258 g/mol. The second-order valence-corrected chi connectivity index (χ2v) is 4.08. The van der Waals surface area contributed by atoms with Crippen molar-refractivity contribution in [2.24, 2.45) is 0 Å². The van der Waals surface area contributed by atoms with Gasteiger partial charge in [0.1, 0.15) is 11.5 Å². The Hall–Kier alpha value is -1.72. The van der Waals surface area contributed by atoms with Crippen molar-refractivity contribution in [3.05, 3.63) is 33.9 Å². The summed E-state index contributed by atoms with van der Waals surface area (Å²) in [5, 5.41) is 13.6. The molecule has 1 N–H and O–H groups in total. The van der Waals surface area contributed by atoms with Crippen LogP contribution in [0.25, 0.3) is 0 Å². The maximum atomic E-state index is 13.4. The number of benzene rings is 1. The quantitative estimate of drug-likeness (QED) is 0.622. The lowest BCUT2D eigenvalue weighted by Gasteiger charge is -2.17. The fraction of sp³-hybridized carbons (Fsp3) is 0.500. The van der Waals surface area contributed by atoms with E-state index in [1.165, 1.54) is 0 Å². The number of hydrogen-bond donors (Lipinski definition) is 1. The van der Waals surface area contributed by atoms with Gasteiger partial charge in [0.2, 0.25) is 5.82 Å². The number of rotatable bonds is 6. The first-order chi connectivity index (χ1) is 8.49. The first-order valence-electron chi connectivity index (χ1n) is 5.89. The first kappa shape index (κ1) is 14.3. The normalized spacial score (nSPS) is 12.2. The molecule has 100 valence electrons. The van der Waals surface area contributed by atoms with E-state index in [1.807, 2.05) is 13.8 Å². The van der Waals surface area contributed by atoms with Crippen molar-refractivity contribution in [2.75, 3.05) is 5.32 Å². The lowest BCUT2D eigenvalue weighted by Crippen LogP contribution is -2.19. The number of nitro groups is 1. The Morgan fingerprint density at radius 3 is 2.56 bits per heavy atom. The molecule has 6 heteroatoms. The summed E-state index contributed by atoms with van der Waals surface area (Å²) < 4.78 is 26.5. The molecule has 0 radical (unpaired) electrons. The van der Waals surface area contributed by atoms with Gasteiger partial charge in [-0.1, -0.05) is 20.3 Å². The predicted molar refractivity (Wildman–Crippen MR) is 65.6 cm³/mol. The maximum Gasteiger partial charge on any atom is 0.327 e. The molecule has 1 aromatic carbocycles. The van der Waals surface area contributed by atoms with E-state index in [9.17, 15) is 18.9 Å². The van der Waals surface area contributed by atoms with Crippen LogP contribution in [-0.2, 0) is 0 Å². The van der Waals surface area contributed by atoms with E-state index in [4.69, 9.17) is 0 Å². The van der Waals surface area contributed by atoms with Crippen LogP contribution < -0.4 is 5.32 Å². The zero-order valence-electron chi connectivity index (χ0n) is 10.4. The third kappa shape index (κ3) is 3.38.